The minimum Gasteiger partial charge on any atom is -0.445 e. The summed E-state index contributed by atoms with van der Waals surface area (Å²) in [6.45, 7) is 0.840. The lowest BCUT2D eigenvalue weighted by atomic mass is 9.95. The predicted octanol–water partition coefficient (Wildman–Crippen LogP) is 4.69. The quantitative estimate of drug-likeness (QED) is 0.822. The molecule has 3 rings (SSSR count). The lowest BCUT2D eigenvalue weighted by Gasteiger charge is -2.35. The van der Waals surface area contributed by atoms with Gasteiger partial charge in [0, 0.05) is 12.1 Å². The summed E-state index contributed by atoms with van der Waals surface area (Å²) < 4.78 is 19.5. The van der Waals surface area contributed by atoms with Crippen LogP contribution >= 0.6 is 0 Å². The minimum atomic E-state index is -0.373. The Morgan fingerprint density at radius 2 is 1.83 bits per heavy atom. The molecule has 0 aliphatic carbocycles. The first-order valence-electron chi connectivity index (χ1n) is 7.97. The maximum Gasteiger partial charge on any atom is 0.410 e. The van der Waals surface area contributed by atoms with E-state index in [9.17, 15) is 9.18 Å². The number of ether oxygens (including phenoxy) is 1. The molecule has 0 radical (unpaired) electrons. The fourth-order valence-corrected chi connectivity index (χ4v) is 3.02. The fraction of sp³-hybridized carbons (Fsp3) is 0.316. The molecular formula is C19H20FNO2. The monoisotopic (exact) mass is 313 g/mol. The van der Waals surface area contributed by atoms with Gasteiger partial charge in [-0.15, -0.1) is 0 Å². The van der Waals surface area contributed by atoms with Gasteiger partial charge in [-0.05, 0) is 30.9 Å². The van der Waals surface area contributed by atoms with Crippen LogP contribution in [0.1, 0.15) is 36.4 Å². The van der Waals surface area contributed by atoms with Crippen LogP contribution in [-0.4, -0.2) is 17.5 Å². The molecule has 23 heavy (non-hydrogen) atoms. The highest BCUT2D eigenvalue weighted by Crippen LogP contribution is 2.32. The van der Waals surface area contributed by atoms with Crippen molar-refractivity contribution in [2.45, 2.75) is 31.9 Å². The molecule has 1 fully saturated rings. The van der Waals surface area contributed by atoms with Gasteiger partial charge in [-0.25, -0.2) is 9.18 Å². The summed E-state index contributed by atoms with van der Waals surface area (Å²) in [5.41, 5.74) is 1.52. The van der Waals surface area contributed by atoms with Gasteiger partial charge in [0.2, 0.25) is 0 Å². The molecular weight excluding hydrogens is 293 g/mol. The third-order valence-electron chi connectivity index (χ3n) is 4.21. The number of carbonyl (C=O) groups excluding carboxylic acids is 1. The molecule has 1 amide bonds. The van der Waals surface area contributed by atoms with Crippen molar-refractivity contribution in [2.24, 2.45) is 0 Å². The normalized spacial score (nSPS) is 17.8. The molecule has 0 aromatic heterocycles. The van der Waals surface area contributed by atoms with E-state index >= 15 is 0 Å². The van der Waals surface area contributed by atoms with Crippen LogP contribution in [0.4, 0.5) is 9.18 Å². The van der Waals surface area contributed by atoms with Crippen molar-refractivity contribution < 1.29 is 13.9 Å². The molecule has 1 saturated heterocycles. The van der Waals surface area contributed by atoms with Crippen molar-refractivity contribution in [3.63, 3.8) is 0 Å². The van der Waals surface area contributed by atoms with Gasteiger partial charge in [0.1, 0.15) is 12.4 Å². The molecule has 3 nitrogen and oxygen atoms in total. The number of rotatable bonds is 3. The van der Waals surface area contributed by atoms with E-state index < -0.39 is 0 Å². The zero-order chi connectivity index (χ0) is 16.1. The number of halogens is 1. The molecule has 1 heterocycles. The van der Waals surface area contributed by atoms with Gasteiger partial charge >= 0.3 is 6.09 Å². The molecule has 1 atom stereocenters. The van der Waals surface area contributed by atoms with Gasteiger partial charge in [-0.2, -0.15) is 0 Å². The topological polar surface area (TPSA) is 29.5 Å². The average molecular weight is 313 g/mol. The van der Waals surface area contributed by atoms with E-state index in [1.807, 2.05) is 30.3 Å². The molecule has 120 valence electrons. The number of hydrogen-bond acceptors (Lipinski definition) is 2. The third-order valence-corrected chi connectivity index (χ3v) is 4.21. The molecule has 0 spiro atoms. The Morgan fingerprint density at radius 1 is 1.09 bits per heavy atom. The maximum absolute atomic E-state index is 14.1. The Hall–Kier alpha value is -2.36. The van der Waals surface area contributed by atoms with Crippen molar-refractivity contribution in [1.82, 2.24) is 4.90 Å². The average Bonchev–Trinajstić information content (AvgIpc) is 2.61. The van der Waals surface area contributed by atoms with Crippen LogP contribution in [0, 0.1) is 5.82 Å². The molecule has 0 N–H and O–H groups in total. The Morgan fingerprint density at radius 3 is 2.61 bits per heavy atom. The van der Waals surface area contributed by atoms with Gasteiger partial charge in [0.25, 0.3) is 0 Å². The number of piperidine rings is 1. The molecule has 1 aliphatic rings. The van der Waals surface area contributed by atoms with Crippen LogP contribution in [0.25, 0.3) is 0 Å². The third kappa shape index (κ3) is 3.70. The van der Waals surface area contributed by atoms with E-state index in [2.05, 4.69) is 0 Å². The van der Waals surface area contributed by atoms with Gasteiger partial charge < -0.3 is 9.64 Å². The zero-order valence-electron chi connectivity index (χ0n) is 13.0. The lowest BCUT2D eigenvalue weighted by Crippen LogP contribution is -2.39. The Labute approximate surface area is 135 Å². The van der Waals surface area contributed by atoms with E-state index in [4.69, 9.17) is 4.74 Å². The van der Waals surface area contributed by atoms with Crippen LogP contribution in [0.2, 0.25) is 0 Å². The summed E-state index contributed by atoms with van der Waals surface area (Å²) >= 11 is 0. The van der Waals surface area contributed by atoms with Crippen molar-refractivity contribution in [3.05, 3.63) is 71.5 Å². The highest BCUT2D eigenvalue weighted by atomic mass is 19.1. The standard InChI is InChI=1S/C19H20FNO2/c20-17-11-5-4-10-16(17)18-12-6-7-13-21(18)19(22)23-14-15-8-2-1-3-9-15/h1-5,8-11,18H,6-7,12-14H2. The van der Waals surface area contributed by atoms with Crippen LogP contribution < -0.4 is 0 Å². The van der Waals surface area contributed by atoms with Crippen molar-refractivity contribution in [1.29, 1.82) is 0 Å². The first kappa shape index (κ1) is 15.5. The Kier molecular flexibility index (Phi) is 4.91. The Bertz CT molecular complexity index is 659. The van der Waals surface area contributed by atoms with Crippen LogP contribution in [0.15, 0.2) is 54.6 Å². The first-order chi connectivity index (χ1) is 11.3. The van der Waals surface area contributed by atoms with Crippen molar-refractivity contribution >= 4 is 6.09 Å². The second kappa shape index (κ2) is 7.27. The number of likely N-dealkylation sites (tertiary alicyclic amines) is 1. The largest absolute Gasteiger partial charge is 0.445 e. The number of benzene rings is 2. The van der Waals surface area contributed by atoms with E-state index in [1.54, 1.807) is 23.1 Å². The summed E-state index contributed by atoms with van der Waals surface area (Å²) in [5, 5.41) is 0. The molecule has 2 aromatic rings. The zero-order valence-corrected chi connectivity index (χ0v) is 13.0. The molecule has 4 heteroatoms. The van der Waals surface area contributed by atoms with Crippen molar-refractivity contribution in [2.75, 3.05) is 6.54 Å². The van der Waals surface area contributed by atoms with Gasteiger partial charge in [0.15, 0.2) is 0 Å². The summed E-state index contributed by atoms with van der Waals surface area (Å²) in [7, 11) is 0. The summed E-state index contributed by atoms with van der Waals surface area (Å²) in [5.74, 6) is -0.264. The highest BCUT2D eigenvalue weighted by molar-refractivity contribution is 5.68. The Balaban J connectivity index is 1.71. The van der Waals surface area contributed by atoms with Crippen LogP contribution in [-0.2, 0) is 11.3 Å². The first-order valence-corrected chi connectivity index (χ1v) is 7.97. The molecule has 0 saturated carbocycles. The summed E-state index contributed by atoms with van der Waals surface area (Å²) in [6, 6.07) is 16.0. The highest BCUT2D eigenvalue weighted by Gasteiger charge is 2.30. The van der Waals surface area contributed by atoms with E-state index in [0.717, 1.165) is 24.8 Å². The fourth-order valence-electron chi connectivity index (χ4n) is 3.02. The van der Waals surface area contributed by atoms with E-state index in [-0.39, 0.29) is 24.6 Å². The second-order valence-electron chi connectivity index (χ2n) is 5.77. The predicted molar refractivity (Wildman–Crippen MR) is 86.3 cm³/mol. The van der Waals surface area contributed by atoms with Gasteiger partial charge in [-0.3, -0.25) is 0 Å². The molecule has 2 aromatic carbocycles. The lowest BCUT2D eigenvalue weighted by molar-refractivity contribution is 0.0671. The maximum atomic E-state index is 14.1. The van der Waals surface area contributed by atoms with Crippen molar-refractivity contribution in [3.8, 4) is 0 Å². The van der Waals surface area contributed by atoms with Gasteiger partial charge in [-0.1, -0.05) is 48.5 Å². The smallest absolute Gasteiger partial charge is 0.410 e. The van der Waals surface area contributed by atoms with Crippen LogP contribution in [0.5, 0.6) is 0 Å². The SMILES string of the molecule is O=C(OCc1ccccc1)N1CCCCC1c1ccccc1F. The number of hydrogen-bond donors (Lipinski definition) is 0. The minimum absolute atomic E-state index is 0.236. The number of nitrogens with zero attached hydrogens (tertiary/aromatic N) is 1. The summed E-state index contributed by atoms with van der Waals surface area (Å²) in [4.78, 5) is 14.1. The van der Waals surface area contributed by atoms with E-state index in [0.29, 0.717) is 12.1 Å². The number of amides is 1. The number of carbonyl (C=O) groups is 1. The van der Waals surface area contributed by atoms with Gasteiger partial charge in [0.05, 0.1) is 6.04 Å². The van der Waals surface area contributed by atoms with Crippen LogP contribution in [0.3, 0.4) is 0 Å². The summed E-state index contributed by atoms with van der Waals surface area (Å²) in [6.07, 6.45) is 2.30. The second-order valence-corrected chi connectivity index (χ2v) is 5.77. The molecule has 1 unspecified atom stereocenters. The molecule has 0 bridgehead atoms. The van der Waals surface area contributed by atoms with E-state index in [1.165, 1.54) is 6.07 Å². The molecule has 1 aliphatic heterocycles.